The van der Waals surface area contributed by atoms with Crippen LogP contribution < -0.4 is 4.72 Å². The van der Waals surface area contributed by atoms with Crippen molar-refractivity contribution in [3.63, 3.8) is 0 Å². The summed E-state index contributed by atoms with van der Waals surface area (Å²) in [5.74, 6) is 0. The summed E-state index contributed by atoms with van der Waals surface area (Å²) >= 11 is 0. The molecule has 3 rings (SSSR count). The Morgan fingerprint density at radius 1 is 1.22 bits per heavy atom. The van der Waals surface area contributed by atoms with Crippen LogP contribution in [0.1, 0.15) is 18.5 Å². The van der Waals surface area contributed by atoms with Crippen LogP contribution in [0.25, 0.3) is 5.69 Å². The molecular weight excluding hydrogens is 314 g/mol. The Morgan fingerprint density at radius 3 is 2.70 bits per heavy atom. The molecule has 1 aromatic carbocycles. The Balaban J connectivity index is 1.83. The second-order valence-electron chi connectivity index (χ2n) is 5.24. The average Bonchev–Trinajstić information content (AvgIpc) is 3.18. The molecule has 2 aromatic heterocycles. The largest absolute Gasteiger partial charge is 0.274 e. The highest BCUT2D eigenvalue weighted by atomic mass is 32.2. The summed E-state index contributed by atoms with van der Waals surface area (Å²) < 4.78 is 30.6. The number of nitrogens with one attached hydrogen (secondary N) is 1. The monoisotopic (exact) mass is 331 g/mol. The molecule has 0 saturated heterocycles. The molecule has 7 nitrogen and oxygen atoms in total. The molecule has 2 heterocycles. The van der Waals surface area contributed by atoms with E-state index in [1.165, 1.54) is 17.1 Å². The van der Waals surface area contributed by atoms with Gasteiger partial charge in [-0.15, -0.1) is 0 Å². The molecule has 23 heavy (non-hydrogen) atoms. The van der Waals surface area contributed by atoms with Crippen LogP contribution in [0.5, 0.6) is 0 Å². The predicted octanol–water partition coefficient (Wildman–Crippen LogP) is 1.65. The summed E-state index contributed by atoms with van der Waals surface area (Å²) in [7, 11) is -1.93. The summed E-state index contributed by atoms with van der Waals surface area (Å²) in [6.45, 7) is 1.80. The van der Waals surface area contributed by atoms with Crippen molar-refractivity contribution < 1.29 is 8.42 Å². The molecule has 0 aliphatic rings. The zero-order valence-corrected chi connectivity index (χ0v) is 13.6. The maximum atomic E-state index is 12.4. The second-order valence-corrected chi connectivity index (χ2v) is 6.95. The first-order chi connectivity index (χ1) is 11.0. The number of hydrogen-bond acceptors (Lipinski definition) is 4. The van der Waals surface area contributed by atoms with Crippen molar-refractivity contribution in [3.05, 3.63) is 60.7 Å². The van der Waals surface area contributed by atoms with Crippen LogP contribution in [-0.2, 0) is 17.1 Å². The van der Waals surface area contributed by atoms with Crippen molar-refractivity contribution in [1.29, 1.82) is 0 Å². The van der Waals surface area contributed by atoms with E-state index in [9.17, 15) is 8.42 Å². The SMILES string of the molecule is CC(NS(=O)(=O)c1cnn(C)c1)c1cccc(-n2cccn2)c1. The maximum absolute atomic E-state index is 12.4. The summed E-state index contributed by atoms with van der Waals surface area (Å²) in [4.78, 5) is 0.148. The molecule has 0 aliphatic carbocycles. The summed E-state index contributed by atoms with van der Waals surface area (Å²) in [6, 6.07) is 9.03. The Bertz CT molecular complexity index is 900. The Hall–Kier alpha value is -2.45. The minimum absolute atomic E-state index is 0.148. The molecule has 0 saturated carbocycles. The summed E-state index contributed by atoms with van der Waals surface area (Å²) in [6.07, 6.45) is 6.33. The Morgan fingerprint density at radius 2 is 2.04 bits per heavy atom. The fraction of sp³-hybridized carbons (Fsp3) is 0.200. The first-order valence-corrected chi connectivity index (χ1v) is 8.55. The van der Waals surface area contributed by atoms with Gasteiger partial charge < -0.3 is 0 Å². The third kappa shape index (κ3) is 3.33. The van der Waals surface area contributed by atoms with Crippen LogP contribution in [0.3, 0.4) is 0 Å². The molecule has 8 heteroatoms. The Kier molecular flexibility index (Phi) is 4.01. The number of nitrogens with zero attached hydrogens (tertiary/aromatic N) is 4. The molecule has 1 N–H and O–H groups in total. The van der Waals surface area contributed by atoms with Crippen molar-refractivity contribution in [3.8, 4) is 5.69 Å². The molecule has 0 bridgehead atoms. The normalized spacial score (nSPS) is 13.1. The lowest BCUT2D eigenvalue weighted by molar-refractivity contribution is 0.566. The lowest BCUT2D eigenvalue weighted by atomic mass is 10.1. The van der Waals surface area contributed by atoms with E-state index in [-0.39, 0.29) is 10.9 Å². The van der Waals surface area contributed by atoms with Crippen LogP contribution in [0.4, 0.5) is 0 Å². The molecule has 1 atom stereocenters. The number of aryl methyl sites for hydroxylation is 1. The topological polar surface area (TPSA) is 81.8 Å². The highest BCUT2D eigenvalue weighted by Crippen LogP contribution is 2.19. The van der Waals surface area contributed by atoms with Crippen LogP contribution in [0.15, 0.2) is 60.0 Å². The van der Waals surface area contributed by atoms with Crippen molar-refractivity contribution in [2.75, 3.05) is 0 Å². The zero-order valence-electron chi connectivity index (χ0n) is 12.8. The minimum atomic E-state index is -3.61. The number of aromatic nitrogens is 4. The summed E-state index contributed by atoms with van der Waals surface area (Å²) in [5.41, 5.74) is 1.73. The van der Waals surface area contributed by atoms with Gasteiger partial charge in [-0.1, -0.05) is 12.1 Å². The first-order valence-electron chi connectivity index (χ1n) is 7.07. The van der Waals surface area contributed by atoms with Gasteiger partial charge in [-0.3, -0.25) is 4.68 Å². The van der Waals surface area contributed by atoms with E-state index in [0.29, 0.717) is 0 Å². The highest BCUT2D eigenvalue weighted by molar-refractivity contribution is 7.89. The number of benzene rings is 1. The van der Waals surface area contributed by atoms with Gasteiger partial charge in [0.2, 0.25) is 10.0 Å². The van der Waals surface area contributed by atoms with Gasteiger partial charge in [0.15, 0.2) is 0 Å². The molecule has 0 amide bonds. The van der Waals surface area contributed by atoms with Gasteiger partial charge in [-0.25, -0.2) is 17.8 Å². The second kappa shape index (κ2) is 5.98. The van der Waals surface area contributed by atoms with Gasteiger partial charge in [-0.2, -0.15) is 10.2 Å². The van der Waals surface area contributed by atoms with E-state index in [1.54, 1.807) is 24.9 Å². The lowest BCUT2D eigenvalue weighted by Crippen LogP contribution is -2.26. The maximum Gasteiger partial charge on any atom is 0.244 e. The third-order valence-corrected chi connectivity index (χ3v) is 4.96. The Labute approximate surface area is 134 Å². The fourth-order valence-corrected chi connectivity index (χ4v) is 3.48. The van der Waals surface area contributed by atoms with E-state index in [2.05, 4.69) is 14.9 Å². The van der Waals surface area contributed by atoms with Gasteiger partial charge in [0, 0.05) is 31.7 Å². The van der Waals surface area contributed by atoms with Crippen molar-refractivity contribution in [1.82, 2.24) is 24.3 Å². The first kappa shape index (κ1) is 15.4. The predicted molar refractivity (Wildman–Crippen MR) is 85.5 cm³/mol. The van der Waals surface area contributed by atoms with E-state index >= 15 is 0 Å². The minimum Gasteiger partial charge on any atom is -0.274 e. The molecule has 1 unspecified atom stereocenters. The standard InChI is InChI=1S/C15H17N5O2S/c1-12(18-23(21,22)15-10-17-19(2)11-15)13-5-3-6-14(9-13)20-8-4-7-16-20/h3-12,18H,1-2H3. The van der Waals surface area contributed by atoms with Crippen molar-refractivity contribution >= 4 is 10.0 Å². The van der Waals surface area contributed by atoms with Crippen molar-refractivity contribution in [2.24, 2.45) is 7.05 Å². The smallest absolute Gasteiger partial charge is 0.244 e. The average molecular weight is 331 g/mol. The molecule has 0 aliphatic heterocycles. The number of rotatable bonds is 5. The van der Waals surface area contributed by atoms with E-state index in [1.807, 2.05) is 36.5 Å². The molecule has 0 radical (unpaired) electrons. The van der Waals surface area contributed by atoms with Crippen LogP contribution in [0, 0.1) is 0 Å². The molecule has 3 aromatic rings. The van der Waals surface area contributed by atoms with Gasteiger partial charge >= 0.3 is 0 Å². The highest BCUT2D eigenvalue weighted by Gasteiger charge is 2.20. The number of sulfonamides is 1. The van der Waals surface area contributed by atoms with Crippen molar-refractivity contribution in [2.45, 2.75) is 17.9 Å². The van der Waals surface area contributed by atoms with Crippen LogP contribution in [0.2, 0.25) is 0 Å². The van der Waals surface area contributed by atoms with Gasteiger partial charge in [0.1, 0.15) is 4.90 Å². The van der Waals surface area contributed by atoms with Gasteiger partial charge in [0.25, 0.3) is 0 Å². The molecule has 0 spiro atoms. The van der Waals surface area contributed by atoms with Gasteiger partial charge in [0.05, 0.1) is 11.9 Å². The molecule has 0 fully saturated rings. The third-order valence-electron chi connectivity index (χ3n) is 3.46. The van der Waals surface area contributed by atoms with Crippen LogP contribution in [-0.4, -0.2) is 28.0 Å². The fourth-order valence-electron chi connectivity index (χ4n) is 2.26. The zero-order chi connectivity index (χ0) is 16.4. The van der Waals surface area contributed by atoms with E-state index < -0.39 is 10.0 Å². The molecular formula is C15H17N5O2S. The van der Waals surface area contributed by atoms with Gasteiger partial charge in [-0.05, 0) is 30.7 Å². The quantitative estimate of drug-likeness (QED) is 0.770. The number of hydrogen-bond donors (Lipinski definition) is 1. The molecule has 120 valence electrons. The van der Waals surface area contributed by atoms with E-state index in [4.69, 9.17) is 0 Å². The summed E-state index contributed by atoms with van der Waals surface area (Å²) in [5, 5.41) is 8.08. The lowest BCUT2D eigenvalue weighted by Gasteiger charge is -2.15. The van der Waals surface area contributed by atoms with E-state index in [0.717, 1.165) is 11.3 Å². The van der Waals surface area contributed by atoms with Crippen LogP contribution >= 0.6 is 0 Å².